The first kappa shape index (κ1) is 24.0. The predicted molar refractivity (Wildman–Crippen MR) is 135 cm³/mol. The van der Waals surface area contributed by atoms with Crippen LogP contribution in [0.5, 0.6) is 5.75 Å². The van der Waals surface area contributed by atoms with Gasteiger partial charge in [-0.05, 0) is 86.0 Å². The molecule has 0 radical (unpaired) electrons. The van der Waals surface area contributed by atoms with Gasteiger partial charge in [0.15, 0.2) is 11.4 Å². The monoisotopic (exact) mass is 627 g/mol. The van der Waals surface area contributed by atoms with E-state index in [9.17, 15) is 9.59 Å². The number of hydrogen-bond acceptors (Lipinski definition) is 5. The van der Waals surface area contributed by atoms with Crippen molar-refractivity contribution in [3.8, 4) is 5.75 Å². The number of carbonyl (C=O) groups is 2. The summed E-state index contributed by atoms with van der Waals surface area (Å²) in [5.74, 6) is -0.899. The molecule has 5 nitrogen and oxygen atoms in total. The van der Waals surface area contributed by atoms with E-state index in [1.807, 2.05) is 0 Å². The Hall–Kier alpha value is -2.16. The summed E-state index contributed by atoms with van der Waals surface area (Å²) in [5.41, 5.74) is 1.36. The van der Waals surface area contributed by atoms with Crippen LogP contribution in [0.25, 0.3) is 6.08 Å². The molecule has 0 saturated heterocycles. The Morgan fingerprint density at radius 1 is 0.970 bits per heavy atom. The highest BCUT2D eigenvalue weighted by Gasteiger charge is 2.26. The molecule has 0 saturated carbocycles. The van der Waals surface area contributed by atoms with Gasteiger partial charge in [-0.2, -0.15) is 0 Å². The highest BCUT2D eigenvalue weighted by Crippen LogP contribution is 2.37. The molecule has 1 aliphatic rings. The first-order chi connectivity index (χ1) is 15.7. The Morgan fingerprint density at radius 2 is 1.67 bits per heavy atom. The maximum Gasteiger partial charge on any atom is 0.363 e. The van der Waals surface area contributed by atoms with Gasteiger partial charge in [0.25, 0.3) is 0 Å². The number of benzene rings is 3. The molecule has 4 rings (SSSR count). The minimum atomic E-state index is -0.627. The Bertz CT molecular complexity index is 1350. The fourth-order valence-electron chi connectivity index (χ4n) is 2.88. The van der Waals surface area contributed by atoms with Gasteiger partial charge in [0.2, 0.25) is 5.90 Å². The van der Waals surface area contributed by atoms with E-state index in [4.69, 9.17) is 44.3 Å². The van der Waals surface area contributed by atoms with Gasteiger partial charge in [-0.1, -0.05) is 46.9 Å². The molecule has 0 aromatic heterocycles. The largest absolute Gasteiger partial charge is 0.420 e. The highest BCUT2D eigenvalue weighted by atomic mass is 79.9. The van der Waals surface area contributed by atoms with Crippen LogP contribution in [-0.4, -0.2) is 17.8 Å². The van der Waals surface area contributed by atoms with E-state index in [1.54, 1.807) is 48.5 Å². The molecule has 3 aromatic carbocycles. The van der Waals surface area contributed by atoms with Crippen LogP contribution in [0.2, 0.25) is 15.1 Å². The Balaban J connectivity index is 1.61. The molecule has 0 spiro atoms. The van der Waals surface area contributed by atoms with Crippen LogP contribution in [0.4, 0.5) is 0 Å². The van der Waals surface area contributed by atoms with Gasteiger partial charge in [-0.25, -0.2) is 14.6 Å². The fourth-order valence-corrected chi connectivity index (χ4v) is 4.97. The molecule has 0 unspecified atom stereocenters. The third-order valence-corrected chi connectivity index (χ3v) is 6.45. The van der Waals surface area contributed by atoms with Crippen molar-refractivity contribution in [1.29, 1.82) is 0 Å². The lowest BCUT2D eigenvalue weighted by molar-refractivity contribution is -0.129. The molecule has 0 bridgehead atoms. The summed E-state index contributed by atoms with van der Waals surface area (Å²) < 4.78 is 11.7. The molecule has 33 heavy (non-hydrogen) atoms. The number of esters is 2. The summed E-state index contributed by atoms with van der Waals surface area (Å²) in [6, 6.07) is 14.7. The molecular weight excluding hydrogens is 620 g/mol. The molecule has 10 heteroatoms. The van der Waals surface area contributed by atoms with E-state index in [0.717, 1.165) is 0 Å². The maximum atomic E-state index is 12.5. The van der Waals surface area contributed by atoms with Crippen molar-refractivity contribution < 1.29 is 19.1 Å². The number of cyclic esters (lactones) is 1. The molecule has 0 aliphatic carbocycles. The van der Waals surface area contributed by atoms with E-state index in [0.29, 0.717) is 30.1 Å². The first-order valence-corrected chi connectivity index (χ1v) is 11.9. The van der Waals surface area contributed by atoms with Gasteiger partial charge >= 0.3 is 11.9 Å². The quantitative estimate of drug-likeness (QED) is 0.168. The Kier molecular flexibility index (Phi) is 7.26. The molecular formula is C23H10Br2Cl3NO4. The fraction of sp³-hybridized carbons (Fsp3) is 0. The number of halogens is 5. The Labute approximate surface area is 220 Å². The molecule has 0 amide bonds. The minimum absolute atomic E-state index is 0.0793. The molecule has 1 aliphatic heterocycles. The third-order valence-electron chi connectivity index (χ3n) is 4.39. The molecule has 166 valence electrons. The summed E-state index contributed by atoms with van der Waals surface area (Å²) in [6.45, 7) is 0. The zero-order chi connectivity index (χ0) is 23.7. The summed E-state index contributed by atoms with van der Waals surface area (Å²) in [4.78, 5) is 29.1. The predicted octanol–water partition coefficient (Wildman–Crippen LogP) is 7.74. The van der Waals surface area contributed by atoms with Crippen molar-refractivity contribution >= 4 is 90.6 Å². The molecule has 0 fully saturated rings. The third kappa shape index (κ3) is 5.34. The first-order valence-electron chi connectivity index (χ1n) is 9.16. The second-order valence-electron chi connectivity index (χ2n) is 6.64. The zero-order valence-corrected chi connectivity index (χ0v) is 21.7. The van der Waals surface area contributed by atoms with Crippen molar-refractivity contribution in [3.63, 3.8) is 0 Å². The van der Waals surface area contributed by atoms with Crippen LogP contribution in [0, 0.1) is 0 Å². The van der Waals surface area contributed by atoms with Crippen LogP contribution in [-0.2, 0) is 9.53 Å². The standard InChI is InChI=1S/C23H10Br2Cl3NO4/c24-15-7-11(8-16(25)20(15)32-22(30)14-3-1-2-4-17(14)27)9-19-23(31)33-21(29-19)13-6-5-12(26)10-18(13)28/h1-10H/b19-9-. The smallest absolute Gasteiger partial charge is 0.363 e. The van der Waals surface area contributed by atoms with Crippen LogP contribution >= 0.6 is 66.7 Å². The van der Waals surface area contributed by atoms with Gasteiger partial charge in [0, 0.05) is 5.02 Å². The van der Waals surface area contributed by atoms with Gasteiger partial charge in [0.05, 0.1) is 30.1 Å². The highest BCUT2D eigenvalue weighted by molar-refractivity contribution is 9.11. The lowest BCUT2D eigenvalue weighted by atomic mass is 10.2. The number of hydrogen-bond donors (Lipinski definition) is 0. The van der Waals surface area contributed by atoms with E-state index < -0.39 is 11.9 Å². The zero-order valence-electron chi connectivity index (χ0n) is 16.2. The summed E-state index contributed by atoms with van der Waals surface area (Å²) in [5, 5.41) is 1.05. The number of rotatable bonds is 4. The van der Waals surface area contributed by atoms with Crippen molar-refractivity contribution in [2.24, 2.45) is 4.99 Å². The van der Waals surface area contributed by atoms with Crippen LogP contribution in [0.3, 0.4) is 0 Å². The van der Waals surface area contributed by atoms with Gasteiger partial charge in [0.1, 0.15) is 0 Å². The van der Waals surface area contributed by atoms with Gasteiger partial charge < -0.3 is 9.47 Å². The molecule has 0 atom stereocenters. The van der Waals surface area contributed by atoms with Crippen LogP contribution in [0.1, 0.15) is 21.5 Å². The number of aliphatic imine (C=N–C) groups is 1. The lowest BCUT2D eigenvalue weighted by Gasteiger charge is -2.10. The van der Waals surface area contributed by atoms with Crippen LogP contribution < -0.4 is 4.74 Å². The maximum absolute atomic E-state index is 12.5. The number of carbonyl (C=O) groups excluding carboxylic acids is 2. The van der Waals surface area contributed by atoms with E-state index in [-0.39, 0.29) is 27.9 Å². The van der Waals surface area contributed by atoms with Crippen molar-refractivity contribution in [3.05, 3.63) is 101 Å². The second-order valence-corrected chi connectivity index (χ2v) is 9.60. The van der Waals surface area contributed by atoms with Crippen molar-refractivity contribution in [2.45, 2.75) is 0 Å². The minimum Gasteiger partial charge on any atom is -0.420 e. The van der Waals surface area contributed by atoms with E-state index >= 15 is 0 Å². The van der Waals surface area contributed by atoms with Crippen molar-refractivity contribution in [2.75, 3.05) is 0 Å². The summed E-state index contributed by atoms with van der Waals surface area (Å²) >= 11 is 25.0. The van der Waals surface area contributed by atoms with Crippen LogP contribution in [0.15, 0.2) is 74.2 Å². The topological polar surface area (TPSA) is 65.0 Å². The number of nitrogens with zero attached hydrogens (tertiary/aromatic N) is 1. The summed E-state index contributed by atoms with van der Waals surface area (Å²) in [7, 11) is 0. The number of ether oxygens (including phenoxy) is 2. The van der Waals surface area contributed by atoms with E-state index in [2.05, 4.69) is 36.9 Å². The summed E-state index contributed by atoms with van der Waals surface area (Å²) in [6.07, 6.45) is 1.54. The average Bonchev–Trinajstić information content (AvgIpc) is 3.10. The van der Waals surface area contributed by atoms with Gasteiger partial charge in [-0.3, -0.25) is 0 Å². The van der Waals surface area contributed by atoms with E-state index in [1.165, 1.54) is 12.1 Å². The lowest BCUT2D eigenvalue weighted by Crippen LogP contribution is -2.10. The Morgan fingerprint density at radius 3 is 2.33 bits per heavy atom. The second kappa shape index (κ2) is 9.99. The molecule has 3 aromatic rings. The SMILES string of the molecule is O=C1OC(c2ccc(Cl)cc2Cl)=N/C1=C\c1cc(Br)c(OC(=O)c2ccccc2Cl)c(Br)c1. The molecule has 0 N–H and O–H groups in total. The molecule has 1 heterocycles. The van der Waals surface area contributed by atoms with Gasteiger partial charge in [-0.15, -0.1) is 0 Å². The van der Waals surface area contributed by atoms with Crippen molar-refractivity contribution in [1.82, 2.24) is 0 Å². The average molecular weight is 631 g/mol. The normalized spacial score (nSPS) is 14.3.